The zero-order valence-corrected chi connectivity index (χ0v) is 22.0. The highest BCUT2D eigenvalue weighted by atomic mass is 16.4. The number of carbonyl (C=O) groups excluding carboxylic acids is 3. The number of aromatic amines is 1. The number of nitrogens with zero attached hydrogens (tertiary/aromatic N) is 1. The number of rotatable bonds is 15. The zero-order chi connectivity index (χ0) is 29.8. The van der Waals surface area contributed by atoms with Gasteiger partial charge in [-0.05, 0) is 11.1 Å². The van der Waals surface area contributed by atoms with Gasteiger partial charge in [0, 0.05) is 31.2 Å². The Morgan fingerprint density at radius 3 is 1.66 bits per heavy atom. The fourth-order valence-corrected chi connectivity index (χ4v) is 4.04. The van der Waals surface area contributed by atoms with Gasteiger partial charge in [-0.25, -0.2) is 9.78 Å². The number of carboxylic acids is 2. The summed E-state index contributed by atoms with van der Waals surface area (Å²) in [6.45, 7) is 0. The number of hydrogen-bond acceptors (Lipinski definition) is 7. The van der Waals surface area contributed by atoms with Crippen LogP contribution >= 0.6 is 0 Å². The number of nitrogens with two attached hydrogens (primary N) is 1. The molecular weight excluding hydrogens is 532 g/mol. The summed E-state index contributed by atoms with van der Waals surface area (Å²) < 4.78 is 0. The van der Waals surface area contributed by atoms with E-state index in [1.165, 1.54) is 12.5 Å². The summed E-state index contributed by atoms with van der Waals surface area (Å²) in [5, 5.41) is 26.3. The minimum absolute atomic E-state index is 0.0233. The van der Waals surface area contributed by atoms with Gasteiger partial charge in [-0.3, -0.25) is 19.2 Å². The zero-order valence-electron chi connectivity index (χ0n) is 22.0. The SMILES string of the molecule is NC(CC(=O)O)C(=O)NC(Cc1ccccc1)C(=O)NC(Cc1ccccc1)C(=O)NC(Cc1cnc[nH]1)C(=O)O. The Labute approximate surface area is 235 Å². The van der Waals surface area contributed by atoms with E-state index < -0.39 is 60.2 Å². The van der Waals surface area contributed by atoms with Crippen LogP contribution in [-0.2, 0) is 43.2 Å². The molecule has 0 aliphatic carbocycles. The van der Waals surface area contributed by atoms with Crippen LogP contribution < -0.4 is 21.7 Å². The monoisotopic (exact) mass is 564 g/mol. The van der Waals surface area contributed by atoms with Gasteiger partial charge < -0.3 is 36.9 Å². The fourth-order valence-electron chi connectivity index (χ4n) is 4.04. The van der Waals surface area contributed by atoms with Crippen LogP contribution in [0.2, 0.25) is 0 Å². The standard InChI is InChI=1S/C28H32N6O7/c29-20(14-24(35)36)25(37)32-21(11-17-7-3-1-4-8-17)26(38)33-22(12-18-9-5-2-6-10-18)27(39)34-23(28(40)41)13-19-15-30-16-31-19/h1-10,15-16,20-23H,11-14,29H2,(H,30,31)(H,32,37)(H,33,38)(H,34,39)(H,35,36)(H,40,41). The molecule has 0 bridgehead atoms. The summed E-state index contributed by atoms with van der Waals surface area (Å²) >= 11 is 0. The molecule has 4 unspecified atom stereocenters. The molecule has 0 fully saturated rings. The molecule has 41 heavy (non-hydrogen) atoms. The average molecular weight is 565 g/mol. The molecule has 3 rings (SSSR count). The van der Waals surface area contributed by atoms with Crippen LogP contribution in [0.15, 0.2) is 73.2 Å². The first-order valence-corrected chi connectivity index (χ1v) is 12.8. The van der Waals surface area contributed by atoms with Gasteiger partial charge >= 0.3 is 11.9 Å². The lowest BCUT2D eigenvalue weighted by Crippen LogP contribution is -2.58. The highest BCUT2D eigenvalue weighted by Crippen LogP contribution is 2.09. The summed E-state index contributed by atoms with van der Waals surface area (Å²) in [5.41, 5.74) is 7.57. The van der Waals surface area contributed by atoms with Gasteiger partial charge in [0.05, 0.1) is 18.8 Å². The van der Waals surface area contributed by atoms with Crippen LogP contribution in [-0.4, -0.2) is 74.0 Å². The minimum atomic E-state index is -1.40. The molecule has 0 saturated heterocycles. The maximum atomic E-state index is 13.5. The molecule has 13 heteroatoms. The third-order valence-corrected chi connectivity index (χ3v) is 6.16. The van der Waals surface area contributed by atoms with Crippen LogP contribution in [0.4, 0.5) is 0 Å². The third kappa shape index (κ3) is 9.89. The molecule has 4 atom stereocenters. The van der Waals surface area contributed by atoms with Crippen LogP contribution in [0, 0.1) is 0 Å². The fraction of sp³-hybridized carbons (Fsp3) is 0.286. The van der Waals surface area contributed by atoms with Gasteiger partial charge in [-0.2, -0.15) is 0 Å². The second kappa shape index (κ2) is 14.9. The molecule has 0 saturated carbocycles. The van der Waals surface area contributed by atoms with Crippen LogP contribution in [0.5, 0.6) is 0 Å². The van der Waals surface area contributed by atoms with E-state index in [4.69, 9.17) is 10.8 Å². The van der Waals surface area contributed by atoms with Gasteiger partial charge in [0.15, 0.2) is 0 Å². The van der Waals surface area contributed by atoms with Crippen LogP contribution in [0.3, 0.4) is 0 Å². The number of H-pyrrole nitrogens is 1. The maximum absolute atomic E-state index is 13.5. The number of carbonyl (C=O) groups is 5. The number of hydrogen-bond donors (Lipinski definition) is 7. The van der Waals surface area contributed by atoms with Crippen molar-refractivity contribution >= 4 is 29.7 Å². The van der Waals surface area contributed by atoms with E-state index in [1.807, 2.05) is 0 Å². The number of nitrogens with one attached hydrogen (secondary N) is 4. The second-order valence-electron chi connectivity index (χ2n) is 9.39. The van der Waals surface area contributed by atoms with Crippen molar-refractivity contribution in [2.45, 2.75) is 49.9 Å². The number of carboxylic acid groups (broad SMARTS) is 2. The van der Waals surface area contributed by atoms with Gasteiger partial charge in [0.2, 0.25) is 17.7 Å². The Kier molecular flexibility index (Phi) is 11.1. The highest BCUT2D eigenvalue weighted by Gasteiger charge is 2.31. The van der Waals surface area contributed by atoms with Crippen molar-refractivity contribution in [3.8, 4) is 0 Å². The largest absolute Gasteiger partial charge is 0.481 e. The quantitative estimate of drug-likeness (QED) is 0.130. The molecule has 1 aromatic heterocycles. The van der Waals surface area contributed by atoms with E-state index in [-0.39, 0.29) is 19.3 Å². The first-order valence-electron chi connectivity index (χ1n) is 12.8. The summed E-state index contributed by atoms with van der Waals surface area (Å²) in [4.78, 5) is 69.1. The Morgan fingerprint density at radius 1 is 0.732 bits per heavy atom. The molecule has 13 nitrogen and oxygen atoms in total. The average Bonchev–Trinajstić information content (AvgIpc) is 3.45. The molecular formula is C28H32N6O7. The smallest absolute Gasteiger partial charge is 0.326 e. The summed E-state index contributed by atoms with van der Waals surface area (Å²) in [6.07, 6.45) is 2.17. The van der Waals surface area contributed by atoms with Crippen molar-refractivity contribution in [3.05, 3.63) is 90.0 Å². The first-order chi connectivity index (χ1) is 19.6. The van der Waals surface area contributed by atoms with Gasteiger partial charge in [-0.15, -0.1) is 0 Å². The van der Waals surface area contributed by atoms with E-state index in [0.717, 1.165) is 0 Å². The molecule has 3 amide bonds. The number of amides is 3. The lowest BCUT2D eigenvalue weighted by molar-refractivity contribution is -0.142. The molecule has 0 spiro atoms. The highest BCUT2D eigenvalue weighted by molar-refractivity contribution is 5.95. The molecule has 0 radical (unpaired) electrons. The van der Waals surface area contributed by atoms with Crippen molar-refractivity contribution in [2.24, 2.45) is 5.73 Å². The lowest BCUT2D eigenvalue weighted by atomic mass is 10.0. The van der Waals surface area contributed by atoms with E-state index >= 15 is 0 Å². The predicted octanol–water partition coefficient (Wildman–Crippen LogP) is -0.221. The van der Waals surface area contributed by atoms with Gasteiger partial charge in [0.1, 0.15) is 18.1 Å². The lowest BCUT2D eigenvalue weighted by Gasteiger charge is -2.25. The van der Waals surface area contributed by atoms with Crippen LogP contribution in [0.25, 0.3) is 0 Å². The van der Waals surface area contributed by atoms with Crippen molar-refractivity contribution in [3.63, 3.8) is 0 Å². The van der Waals surface area contributed by atoms with Gasteiger partial charge in [0.25, 0.3) is 0 Å². The topological polar surface area (TPSA) is 217 Å². The second-order valence-corrected chi connectivity index (χ2v) is 9.39. The Balaban J connectivity index is 1.83. The van der Waals surface area contributed by atoms with Crippen molar-refractivity contribution in [2.75, 3.05) is 0 Å². The molecule has 0 aliphatic heterocycles. The van der Waals surface area contributed by atoms with E-state index in [2.05, 4.69) is 25.9 Å². The Bertz CT molecular complexity index is 1320. The molecule has 8 N–H and O–H groups in total. The molecule has 1 heterocycles. The number of benzene rings is 2. The van der Waals surface area contributed by atoms with Gasteiger partial charge in [-0.1, -0.05) is 60.7 Å². The summed E-state index contributed by atoms with van der Waals surface area (Å²) in [5.74, 6) is -4.89. The van der Waals surface area contributed by atoms with Crippen molar-refractivity contribution in [1.29, 1.82) is 0 Å². The van der Waals surface area contributed by atoms with Crippen LogP contribution in [0.1, 0.15) is 23.2 Å². The first kappa shape index (κ1) is 30.5. The number of aliphatic carboxylic acids is 2. The Morgan fingerprint density at radius 2 is 1.22 bits per heavy atom. The molecule has 3 aromatic rings. The summed E-state index contributed by atoms with van der Waals surface area (Å²) in [7, 11) is 0. The number of aromatic nitrogens is 2. The molecule has 216 valence electrons. The maximum Gasteiger partial charge on any atom is 0.326 e. The van der Waals surface area contributed by atoms with E-state index in [1.54, 1.807) is 60.7 Å². The molecule has 2 aromatic carbocycles. The summed E-state index contributed by atoms with van der Waals surface area (Å²) in [6, 6.07) is 12.4. The van der Waals surface area contributed by atoms with E-state index in [9.17, 15) is 29.1 Å². The molecule has 0 aliphatic rings. The Hall–Kier alpha value is -5.04. The third-order valence-electron chi connectivity index (χ3n) is 6.16. The van der Waals surface area contributed by atoms with E-state index in [0.29, 0.717) is 16.8 Å². The predicted molar refractivity (Wildman–Crippen MR) is 146 cm³/mol. The number of imidazole rings is 1. The normalized spacial score (nSPS) is 13.7. The minimum Gasteiger partial charge on any atom is -0.481 e. The van der Waals surface area contributed by atoms with Crippen molar-refractivity contribution in [1.82, 2.24) is 25.9 Å². The van der Waals surface area contributed by atoms with Crippen molar-refractivity contribution < 1.29 is 34.2 Å².